The van der Waals surface area contributed by atoms with Gasteiger partial charge >= 0.3 is 0 Å². The molecule has 0 unspecified atom stereocenters. The highest BCUT2D eigenvalue weighted by Crippen LogP contribution is 2.36. The van der Waals surface area contributed by atoms with Crippen LogP contribution in [0.15, 0.2) is 54.9 Å². The first-order valence-corrected chi connectivity index (χ1v) is 8.99. The van der Waals surface area contributed by atoms with Gasteiger partial charge in [0.2, 0.25) is 0 Å². The normalized spacial score (nSPS) is 10.8. The molecule has 1 amide bonds. The number of nitrogens with one attached hydrogen (secondary N) is 1. The molecule has 0 radical (unpaired) electrons. The van der Waals surface area contributed by atoms with Gasteiger partial charge in [-0.1, -0.05) is 45.8 Å². The summed E-state index contributed by atoms with van der Waals surface area (Å²) in [4.78, 5) is 11.8. The lowest BCUT2D eigenvalue weighted by Gasteiger charge is -2.09. The standard InChI is InChI=1S/C16H13Br3N2O2/c1-10-2-4-11(5-3-10)8-20-21-15(22)9-23-16-13(18)6-12(17)7-14(16)19/h2-8H,9H2,1H3,(H,21,22). The maximum Gasteiger partial charge on any atom is 0.277 e. The van der Waals surface area contributed by atoms with E-state index in [1.807, 2.05) is 43.3 Å². The number of hydrazone groups is 1. The van der Waals surface area contributed by atoms with Crippen LogP contribution in [0.5, 0.6) is 5.75 Å². The van der Waals surface area contributed by atoms with E-state index < -0.39 is 0 Å². The van der Waals surface area contributed by atoms with Gasteiger partial charge in [-0.15, -0.1) is 0 Å². The van der Waals surface area contributed by atoms with Crippen LogP contribution in [0.2, 0.25) is 0 Å². The summed E-state index contributed by atoms with van der Waals surface area (Å²) in [6.07, 6.45) is 1.59. The van der Waals surface area contributed by atoms with E-state index in [-0.39, 0.29) is 12.5 Å². The first-order chi connectivity index (χ1) is 11.0. The molecule has 0 heterocycles. The number of nitrogens with zero attached hydrogens (tertiary/aromatic N) is 1. The van der Waals surface area contributed by atoms with E-state index in [2.05, 4.69) is 58.3 Å². The second-order valence-electron chi connectivity index (χ2n) is 4.69. The molecule has 2 aromatic carbocycles. The Kier molecular flexibility index (Phi) is 6.80. The second kappa shape index (κ2) is 8.61. The molecule has 23 heavy (non-hydrogen) atoms. The zero-order chi connectivity index (χ0) is 16.8. The van der Waals surface area contributed by atoms with Crippen molar-refractivity contribution in [1.29, 1.82) is 0 Å². The Balaban J connectivity index is 1.87. The van der Waals surface area contributed by atoms with Crippen LogP contribution in [0.4, 0.5) is 0 Å². The molecule has 0 saturated carbocycles. The van der Waals surface area contributed by atoms with Gasteiger partial charge in [-0.25, -0.2) is 5.43 Å². The van der Waals surface area contributed by atoms with Crippen LogP contribution in [-0.2, 0) is 4.79 Å². The predicted molar refractivity (Wildman–Crippen MR) is 102 cm³/mol. The minimum absolute atomic E-state index is 0.135. The number of rotatable bonds is 5. The molecule has 4 nitrogen and oxygen atoms in total. The molecular formula is C16H13Br3N2O2. The molecule has 0 aliphatic heterocycles. The number of benzene rings is 2. The summed E-state index contributed by atoms with van der Waals surface area (Å²) in [5.74, 6) is 0.223. The van der Waals surface area contributed by atoms with Crippen molar-refractivity contribution in [2.75, 3.05) is 6.61 Å². The van der Waals surface area contributed by atoms with Crippen molar-refractivity contribution in [2.45, 2.75) is 6.92 Å². The number of hydrogen-bond acceptors (Lipinski definition) is 3. The van der Waals surface area contributed by atoms with Crippen LogP contribution in [0.25, 0.3) is 0 Å². The van der Waals surface area contributed by atoms with Crippen LogP contribution >= 0.6 is 47.8 Å². The molecule has 0 aliphatic carbocycles. The molecule has 7 heteroatoms. The van der Waals surface area contributed by atoms with Gasteiger partial charge in [0.15, 0.2) is 6.61 Å². The number of aryl methyl sites for hydroxylation is 1. The Hall–Kier alpha value is -1.18. The molecule has 1 N–H and O–H groups in total. The third-order valence-electron chi connectivity index (χ3n) is 2.79. The fraction of sp³-hybridized carbons (Fsp3) is 0.125. The minimum atomic E-state index is -0.338. The lowest BCUT2D eigenvalue weighted by molar-refractivity contribution is -0.123. The highest BCUT2D eigenvalue weighted by Gasteiger charge is 2.10. The third-order valence-corrected chi connectivity index (χ3v) is 4.43. The Morgan fingerprint density at radius 3 is 2.39 bits per heavy atom. The first-order valence-electron chi connectivity index (χ1n) is 6.61. The molecule has 0 atom stereocenters. The van der Waals surface area contributed by atoms with Crippen LogP contribution in [0.3, 0.4) is 0 Å². The number of hydrogen-bond donors (Lipinski definition) is 1. The quantitative estimate of drug-likeness (QED) is 0.469. The number of ether oxygens (including phenoxy) is 1. The van der Waals surface area contributed by atoms with Crippen LogP contribution < -0.4 is 10.2 Å². The summed E-state index contributed by atoms with van der Waals surface area (Å²) in [7, 11) is 0. The van der Waals surface area contributed by atoms with Crippen LogP contribution in [-0.4, -0.2) is 18.7 Å². The Morgan fingerprint density at radius 1 is 1.17 bits per heavy atom. The smallest absolute Gasteiger partial charge is 0.277 e. The largest absolute Gasteiger partial charge is 0.481 e. The maximum atomic E-state index is 11.8. The van der Waals surface area contributed by atoms with Crippen LogP contribution in [0.1, 0.15) is 11.1 Å². The van der Waals surface area contributed by atoms with Crippen LogP contribution in [0, 0.1) is 6.92 Å². The van der Waals surface area contributed by atoms with E-state index in [0.29, 0.717) is 5.75 Å². The van der Waals surface area contributed by atoms with E-state index in [0.717, 1.165) is 19.0 Å². The van der Waals surface area contributed by atoms with Crippen molar-refractivity contribution in [2.24, 2.45) is 5.10 Å². The molecular weight excluding hydrogens is 492 g/mol. The van der Waals surface area contributed by atoms with Crippen molar-refractivity contribution in [3.05, 3.63) is 60.9 Å². The first kappa shape index (κ1) is 18.2. The zero-order valence-corrected chi connectivity index (χ0v) is 16.9. The molecule has 0 aliphatic rings. The number of carbonyl (C=O) groups is 1. The fourth-order valence-electron chi connectivity index (χ4n) is 1.67. The highest BCUT2D eigenvalue weighted by atomic mass is 79.9. The molecule has 0 aromatic heterocycles. The molecule has 0 spiro atoms. The zero-order valence-electron chi connectivity index (χ0n) is 12.1. The van der Waals surface area contributed by atoms with Gasteiger partial charge in [0.05, 0.1) is 15.2 Å². The van der Waals surface area contributed by atoms with Gasteiger partial charge < -0.3 is 4.74 Å². The summed E-state index contributed by atoms with van der Waals surface area (Å²) in [5, 5.41) is 3.91. The fourth-order valence-corrected chi connectivity index (χ4v) is 4.16. The highest BCUT2D eigenvalue weighted by molar-refractivity contribution is 9.11. The molecule has 0 bridgehead atoms. The van der Waals surface area contributed by atoms with E-state index in [9.17, 15) is 4.79 Å². The van der Waals surface area contributed by atoms with Gasteiger partial charge in [0.1, 0.15) is 5.75 Å². The average Bonchev–Trinajstić information content (AvgIpc) is 2.48. The third kappa shape index (κ3) is 5.75. The SMILES string of the molecule is Cc1ccc(C=NNC(=O)COc2c(Br)cc(Br)cc2Br)cc1. The van der Waals surface area contributed by atoms with Gasteiger partial charge in [0, 0.05) is 4.47 Å². The van der Waals surface area contributed by atoms with Gasteiger partial charge in [0.25, 0.3) is 5.91 Å². The van der Waals surface area contributed by atoms with E-state index in [1.165, 1.54) is 5.56 Å². The molecule has 0 fully saturated rings. The predicted octanol–water partition coefficient (Wildman–Crippen LogP) is 4.81. The topological polar surface area (TPSA) is 50.7 Å². The number of amides is 1. The maximum absolute atomic E-state index is 11.8. The average molecular weight is 505 g/mol. The Bertz CT molecular complexity index is 708. The Morgan fingerprint density at radius 2 is 1.78 bits per heavy atom. The molecule has 120 valence electrons. The summed E-state index contributed by atoms with van der Waals surface area (Å²) in [5.41, 5.74) is 4.52. The monoisotopic (exact) mass is 502 g/mol. The number of carbonyl (C=O) groups excluding carboxylic acids is 1. The van der Waals surface area contributed by atoms with Crippen molar-refractivity contribution in [3.8, 4) is 5.75 Å². The second-order valence-corrected chi connectivity index (χ2v) is 7.32. The van der Waals surface area contributed by atoms with Gasteiger partial charge in [-0.3, -0.25) is 4.79 Å². The lowest BCUT2D eigenvalue weighted by atomic mass is 10.2. The van der Waals surface area contributed by atoms with Gasteiger partial charge in [-0.05, 0) is 56.5 Å². The Labute approximate surface area is 159 Å². The molecule has 2 aromatic rings. The minimum Gasteiger partial charge on any atom is -0.481 e. The number of halogens is 3. The van der Waals surface area contributed by atoms with Crippen molar-refractivity contribution >= 4 is 59.9 Å². The molecule has 2 rings (SSSR count). The lowest BCUT2D eigenvalue weighted by Crippen LogP contribution is -2.24. The van der Waals surface area contributed by atoms with Crippen molar-refractivity contribution in [1.82, 2.24) is 5.43 Å². The van der Waals surface area contributed by atoms with E-state index in [4.69, 9.17) is 4.74 Å². The molecule has 0 saturated heterocycles. The van der Waals surface area contributed by atoms with Gasteiger partial charge in [-0.2, -0.15) is 5.10 Å². The van der Waals surface area contributed by atoms with E-state index in [1.54, 1.807) is 6.21 Å². The van der Waals surface area contributed by atoms with Crippen molar-refractivity contribution < 1.29 is 9.53 Å². The summed E-state index contributed by atoms with van der Waals surface area (Å²) < 4.78 is 7.89. The summed E-state index contributed by atoms with van der Waals surface area (Å²) in [6, 6.07) is 11.5. The summed E-state index contributed by atoms with van der Waals surface area (Å²) in [6.45, 7) is 1.88. The summed E-state index contributed by atoms with van der Waals surface area (Å²) >= 11 is 10.2. The van der Waals surface area contributed by atoms with Crippen molar-refractivity contribution in [3.63, 3.8) is 0 Å². The van der Waals surface area contributed by atoms with E-state index >= 15 is 0 Å².